The van der Waals surface area contributed by atoms with Crippen LogP contribution < -0.4 is 16.0 Å². The van der Waals surface area contributed by atoms with E-state index in [1.54, 1.807) is 42.2 Å². The quantitative estimate of drug-likeness (QED) is 0.460. The number of dihydropyridines is 1. The van der Waals surface area contributed by atoms with Gasteiger partial charge in [-0.2, -0.15) is 5.26 Å². The van der Waals surface area contributed by atoms with Crippen molar-refractivity contribution in [2.75, 3.05) is 16.4 Å². The molecule has 4 rings (SSSR count). The van der Waals surface area contributed by atoms with Gasteiger partial charge in [-0.05, 0) is 19.1 Å². The third kappa shape index (κ3) is 4.75. The van der Waals surface area contributed by atoms with Crippen LogP contribution in [0.15, 0.2) is 67.8 Å². The van der Waals surface area contributed by atoms with Gasteiger partial charge in [-0.25, -0.2) is 9.97 Å². The SMILES string of the molecule is CC1=C(C(=O)Nc2nccs2)C(c2ccco2)C(C#N)=C(SCC(=O)Nc2nccs2)N1. The Labute approximate surface area is 195 Å². The van der Waals surface area contributed by atoms with Gasteiger partial charge in [0.1, 0.15) is 5.76 Å². The van der Waals surface area contributed by atoms with Crippen molar-refractivity contribution in [2.45, 2.75) is 12.8 Å². The van der Waals surface area contributed by atoms with E-state index in [0.717, 1.165) is 0 Å². The molecule has 0 bridgehead atoms. The first-order valence-electron chi connectivity index (χ1n) is 9.25. The Morgan fingerprint density at radius 1 is 1.25 bits per heavy atom. The molecule has 3 N–H and O–H groups in total. The van der Waals surface area contributed by atoms with E-state index in [9.17, 15) is 14.9 Å². The normalized spacial score (nSPS) is 15.8. The van der Waals surface area contributed by atoms with Gasteiger partial charge in [0.25, 0.3) is 5.91 Å². The fourth-order valence-electron chi connectivity index (χ4n) is 3.10. The Morgan fingerprint density at radius 2 is 1.97 bits per heavy atom. The molecule has 162 valence electrons. The monoisotopic (exact) mass is 484 g/mol. The van der Waals surface area contributed by atoms with Crippen LogP contribution in [-0.2, 0) is 9.59 Å². The number of hydrogen-bond acceptors (Lipinski definition) is 10. The van der Waals surface area contributed by atoms with Crippen LogP contribution in [0.1, 0.15) is 18.6 Å². The summed E-state index contributed by atoms with van der Waals surface area (Å²) in [4.78, 5) is 33.5. The molecule has 0 radical (unpaired) electrons. The van der Waals surface area contributed by atoms with Crippen LogP contribution in [0.25, 0.3) is 0 Å². The smallest absolute Gasteiger partial charge is 0.256 e. The number of rotatable bonds is 7. The summed E-state index contributed by atoms with van der Waals surface area (Å²) in [7, 11) is 0. The fourth-order valence-corrected chi connectivity index (χ4v) is 5.06. The molecular weight excluding hydrogens is 468 g/mol. The van der Waals surface area contributed by atoms with E-state index in [0.29, 0.717) is 37.9 Å². The highest BCUT2D eigenvalue weighted by atomic mass is 32.2. The van der Waals surface area contributed by atoms with E-state index in [1.165, 1.54) is 40.7 Å². The predicted octanol–water partition coefficient (Wildman–Crippen LogP) is 3.90. The van der Waals surface area contributed by atoms with Crippen molar-refractivity contribution in [3.63, 3.8) is 0 Å². The van der Waals surface area contributed by atoms with Gasteiger partial charge < -0.3 is 15.1 Å². The second-order valence-electron chi connectivity index (χ2n) is 6.43. The van der Waals surface area contributed by atoms with E-state index in [2.05, 4.69) is 32.0 Å². The number of hydrogen-bond donors (Lipinski definition) is 3. The number of nitriles is 1. The molecule has 4 heterocycles. The first-order chi connectivity index (χ1) is 15.6. The van der Waals surface area contributed by atoms with E-state index in [-0.39, 0.29) is 17.6 Å². The third-order valence-corrected chi connectivity index (χ3v) is 6.79. The standard InChI is InChI=1S/C20H16N6O3S3/c1-11-15(17(28)26-20-23-5-8-31-20)16(13-3-2-6-29-13)12(9-21)18(24-11)32-10-14(27)25-19-22-4-7-30-19/h2-8,16,24H,10H2,1H3,(H,22,25,27)(H,23,26,28). The number of anilines is 2. The summed E-state index contributed by atoms with van der Waals surface area (Å²) in [6.45, 7) is 1.75. The van der Waals surface area contributed by atoms with Crippen molar-refractivity contribution < 1.29 is 14.0 Å². The molecule has 0 spiro atoms. The van der Waals surface area contributed by atoms with Crippen LogP contribution in [0.5, 0.6) is 0 Å². The number of thioether (sulfide) groups is 1. The first kappa shape index (κ1) is 21.8. The lowest BCUT2D eigenvalue weighted by molar-refractivity contribution is -0.114. The predicted molar refractivity (Wildman–Crippen MR) is 124 cm³/mol. The molecule has 0 aromatic carbocycles. The van der Waals surface area contributed by atoms with Crippen molar-refractivity contribution in [3.8, 4) is 6.07 Å². The van der Waals surface area contributed by atoms with Gasteiger partial charge in [0.15, 0.2) is 10.3 Å². The molecule has 1 aliphatic heterocycles. The zero-order valence-corrected chi connectivity index (χ0v) is 19.1. The lowest BCUT2D eigenvalue weighted by Crippen LogP contribution is -2.31. The van der Waals surface area contributed by atoms with Crippen molar-refractivity contribution >= 4 is 56.5 Å². The molecule has 0 aliphatic carbocycles. The topological polar surface area (TPSA) is 133 Å². The number of nitrogens with zero attached hydrogens (tertiary/aromatic N) is 3. The average Bonchev–Trinajstić information content (AvgIpc) is 3.55. The van der Waals surface area contributed by atoms with Crippen LogP contribution in [0.4, 0.5) is 10.3 Å². The summed E-state index contributed by atoms with van der Waals surface area (Å²) in [6.07, 6.45) is 4.69. The molecular formula is C20H16N6O3S3. The van der Waals surface area contributed by atoms with Crippen LogP contribution in [0, 0.1) is 11.3 Å². The van der Waals surface area contributed by atoms with Gasteiger partial charge in [-0.1, -0.05) is 11.8 Å². The van der Waals surface area contributed by atoms with Crippen molar-refractivity contribution in [1.82, 2.24) is 15.3 Å². The van der Waals surface area contributed by atoms with Gasteiger partial charge in [0.2, 0.25) is 5.91 Å². The third-order valence-electron chi connectivity index (χ3n) is 4.40. The number of carbonyl (C=O) groups excluding carboxylic acids is 2. The highest BCUT2D eigenvalue weighted by Crippen LogP contribution is 2.41. The van der Waals surface area contributed by atoms with Crippen molar-refractivity contribution in [2.24, 2.45) is 0 Å². The lowest BCUT2D eigenvalue weighted by atomic mass is 9.85. The molecule has 2 amide bonds. The minimum absolute atomic E-state index is 0.0614. The summed E-state index contributed by atoms with van der Waals surface area (Å²) >= 11 is 3.79. The summed E-state index contributed by atoms with van der Waals surface area (Å²) in [5.74, 6) is -0.839. The maximum Gasteiger partial charge on any atom is 0.256 e. The Hall–Kier alpha value is -3.40. The number of amides is 2. The van der Waals surface area contributed by atoms with E-state index in [4.69, 9.17) is 4.42 Å². The molecule has 32 heavy (non-hydrogen) atoms. The first-order valence-corrected chi connectivity index (χ1v) is 12.0. The maximum absolute atomic E-state index is 13.1. The van der Waals surface area contributed by atoms with Gasteiger partial charge in [0, 0.05) is 28.9 Å². The van der Waals surface area contributed by atoms with E-state index in [1.807, 2.05) is 0 Å². The summed E-state index contributed by atoms with van der Waals surface area (Å²) in [5.41, 5.74) is 1.20. The molecule has 1 unspecified atom stereocenters. The van der Waals surface area contributed by atoms with Crippen LogP contribution in [-0.4, -0.2) is 27.5 Å². The lowest BCUT2D eigenvalue weighted by Gasteiger charge is -2.28. The Kier molecular flexibility index (Phi) is 6.69. The number of furan rings is 1. The minimum atomic E-state index is -0.722. The summed E-state index contributed by atoms with van der Waals surface area (Å²) < 4.78 is 5.58. The summed E-state index contributed by atoms with van der Waals surface area (Å²) in [5, 5.41) is 23.5. The summed E-state index contributed by atoms with van der Waals surface area (Å²) in [6, 6.07) is 5.61. The Balaban J connectivity index is 1.60. The molecule has 1 atom stereocenters. The fraction of sp³-hybridized carbons (Fsp3) is 0.150. The Bertz CT molecular complexity index is 1210. The molecule has 1 aliphatic rings. The van der Waals surface area contributed by atoms with Crippen molar-refractivity contribution in [1.29, 1.82) is 5.26 Å². The zero-order chi connectivity index (χ0) is 22.5. The van der Waals surface area contributed by atoms with E-state index < -0.39 is 5.92 Å². The van der Waals surface area contributed by atoms with Crippen LogP contribution >= 0.6 is 34.4 Å². The number of aromatic nitrogens is 2. The molecule has 0 saturated carbocycles. The van der Waals surface area contributed by atoms with Gasteiger partial charge in [-0.15, -0.1) is 22.7 Å². The molecule has 3 aromatic heterocycles. The Morgan fingerprint density at radius 3 is 2.56 bits per heavy atom. The second kappa shape index (κ2) is 9.82. The van der Waals surface area contributed by atoms with E-state index >= 15 is 0 Å². The zero-order valence-electron chi connectivity index (χ0n) is 16.6. The van der Waals surface area contributed by atoms with Gasteiger partial charge in [-0.3, -0.25) is 14.9 Å². The minimum Gasteiger partial charge on any atom is -0.468 e. The maximum atomic E-state index is 13.1. The molecule has 0 saturated heterocycles. The van der Waals surface area contributed by atoms with Crippen LogP contribution in [0.3, 0.4) is 0 Å². The van der Waals surface area contributed by atoms with Crippen LogP contribution in [0.2, 0.25) is 0 Å². The van der Waals surface area contributed by atoms with Crippen molar-refractivity contribution in [3.05, 3.63) is 69.2 Å². The van der Waals surface area contributed by atoms with Gasteiger partial charge in [0.05, 0.1) is 40.2 Å². The number of allylic oxidation sites excluding steroid dienone is 2. The second-order valence-corrected chi connectivity index (χ2v) is 9.21. The average molecular weight is 485 g/mol. The largest absolute Gasteiger partial charge is 0.468 e. The highest BCUT2D eigenvalue weighted by Gasteiger charge is 2.36. The van der Waals surface area contributed by atoms with Gasteiger partial charge >= 0.3 is 0 Å². The molecule has 3 aromatic rings. The molecule has 0 fully saturated rings. The molecule has 9 nitrogen and oxygen atoms in total. The number of nitrogens with one attached hydrogen (secondary N) is 3. The molecule has 12 heteroatoms. The number of thiazole rings is 2. The number of carbonyl (C=O) groups is 2. The highest BCUT2D eigenvalue weighted by molar-refractivity contribution is 8.03.